The van der Waals surface area contributed by atoms with E-state index >= 15 is 0 Å². The summed E-state index contributed by atoms with van der Waals surface area (Å²) in [6.45, 7) is 2.58. The summed E-state index contributed by atoms with van der Waals surface area (Å²) in [5, 5.41) is 21.1. The maximum Gasteiger partial charge on any atom is 0.249 e. The summed E-state index contributed by atoms with van der Waals surface area (Å²) in [4.78, 5) is 9.67. The Morgan fingerprint density at radius 2 is 1.51 bits per heavy atom. The number of methoxy groups -OCH3 is 2. The van der Waals surface area contributed by atoms with Gasteiger partial charge in [0.1, 0.15) is 11.0 Å². The number of aryl methyl sites for hydroxylation is 1. The molecule has 3 aromatic carbocycles. The molecule has 2 aromatic heterocycles. The molecule has 0 aliphatic rings. The van der Waals surface area contributed by atoms with Crippen LogP contribution in [0.5, 0.6) is 23.1 Å². The quantitative estimate of drug-likeness (QED) is 0.173. The smallest absolute Gasteiger partial charge is 0.249 e. The third-order valence-corrected chi connectivity index (χ3v) is 6.61. The molecule has 0 saturated heterocycles. The summed E-state index contributed by atoms with van der Waals surface area (Å²) in [7, 11) is 3.08. The highest BCUT2D eigenvalue weighted by atomic mass is 16.5. The van der Waals surface area contributed by atoms with E-state index < -0.39 is 0 Å². The summed E-state index contributed by atoms with van der Waals surface area (Å²) < 4.78 is 20.0. The van der Waals surface area contributed by atoms with Crippen molar-refractivity contribution in [2.75, 3.05) is 19.5 Å². The first-order valence-corrected chi connectivity index (χ1v) is 13.4. The summed E-state index contributed by atoms with van der Waals surface area (Å²) in [5.41, 5.74) is 5.88. The van der Waals surface area contributed by atoms with Crippen molar-refractivity contribution in [1.82, 2.24) is 14.5 Å². The molecule has 0 amide bonds. The number of hydrogen-bond donors (Lipinski definition) is 1. The molecule has 0 aliphatic heterocycles. The molecule has 2 heterocycles. The number of aromatic nitrogens is 3. The van der Waals surface area contributed by atoms with Crippen LogP contribution in [0.1, 0.15) is 22.3 Å². The Balaban J connectivity index is 1.63. The highest BCUT2D eigenvalue weighted by molar-refractivity contribution is 5.86. The molecule has 0 fully saturated rings. The van der Waals surface area contributed by atoms with Crippen LogP contribution in [0.15, 0.2) is 85.1 Å². The Morgan fingerprint density at radius 1 is 0.860 bits per heavy atom. The molecule has 0 radical (unpaired) electrons. The predicted molar refractivity (Wildman–Crippen MR) is 166 cm³/mol. The summed E-state index contributed by atoms with van der Waals surface area (Å²) in [6, 6.07) is 25.2. The molecule has 0 aliphatic carbocycles. The van der Waals surface area contributed by atoms with E-state index in [-0.39, 0.29) is 0 Å². The zero-order chi connectivity index (χ0) is 30.2. The van der Waals surface area contributed by atoms with Gasteiger partial charge in [-0.1, -0.05) is 42.5 Å². The lowest BCUT2D eigenvalue weighted by molar-refractivity contribution is 0.343. The van der Waals surface area contributed by atoms with Crippen molar-refractivity contribution in [1.29, 1.82) is 10.5 Å². The normalized spacial score (nSPS) is 11.0. The molecule has 0 spiro atoms. The lowest BCUT2D eigenvalue weighted by Crippen LogP contribution is -2.05. The molecule has 0 unspecified atom stereocenters. The van der Waals surface area contributed by atoms with Crippen LogP contribution in [0.25, 0.3) is 23.2 Å². The Hall–Kier alpha value is -6.06. The second-order valence-electron chi connectivity index (χ2n) is 9.50. The Bertz CT molecular complexity index is 1870. The fourth-order valence-corrected chi connectivity index (χ4v) is 4.63. The molecule has 0 atom stereocenters. The van der Waals surface area contributed by atoms with Gasteiger partial charge in [0.15, 0.2) is 11.5 Å². The fourth-order valence-electron chi connectivity index (χ4n) is 4.63. The molecule has 212 valence electrons. The predicted octanol–water partition coefficient (Wildman–Crippen LogP) is 7.41. The molecule has 43 heavy (non-hydrogen) atoms. The Morgan fingerprint density at radius 3 is 2.14 bits per heavy atom. The molecule has 5 aromatic rings. The minimum atomic E-state index is 0.307. The zero-order valence-electron chi connectivity index (χ0n) is 23.9. The lowest BCUT2D eigenvalue weighted by atomic mass is 10.1. The van der Waals surface area contributed by atoms with Gasteiger partial charge in [0.25, 0.3) is 0 Å². The van der Waals surface area contributed by atoms with Gasteiger partial charge in [-0.2, -0.15) is 15.5 Å². The number of benzene rings is 3. The Labute approximate surface area is 249 Å². The second kappa shape index (κ2) is 13.1. The number of hydrogen-bond acceptors (Lipinski definition) is 8. The van der Waals surface area contributed by atoms with E-state index in [1.54, 1.807) is 38.5 Å². The number of ether oxygens (including phenoxy) is 3. The molecular formula is C34H28N6O3. The van der Waals surface area contributed by atoms with Crippen LogP contribution in [-0.4, -0.2) is 28.8 Å². The van der Waals surface area contributed by atoms with E-state index in [1.807, 2.05) is 67.7 Å². The fraction of sp³-hybridized carbons (Fsp3) is 0.118. The Kier molecular flexibility index (Phi) is 8.65. The third-order valence-electron chi connectivity index (χ3n) is 6.61. The first kappa shape index (κ1) is 28.5. The van der Waals surface area contributed by atoms with Crippen LogP contribution < -0.4 is 19.5 Å². The van der Waals surface area contributed by atoms with Crippen LogP contribution in [0.3, 0.4) is 0 Å². The van der Waals surface area contributed by atoms with Crippen molar-refractivity contribution in [3.8, 4) is 35.3 Å². The van der Waals surface area contributed by atoms with E-state index in [0.717, 1.165) is 27.9 Å². The van der Waals surface area contributed by atoms with E-state index in [1.165, 1.54) is 12.2 Å². The van der Waals surface area contributed by atoms with Crippen LogP contribution in [0.4, 0.5) is 11.6 Å². The maximum absolute atomic E-state index is 8.98. The number of anilines is 2. The monoisotopic (exact) mass is 568 g/mol. The largest absolute Gasteiger partial charge is 0.493 e. The van der Waals surface area contributed by atoms with Gasteiger partial charge in [0.2, 0.25) is 17.6 Å². The van der Waals surface area contributed by atoms with Crippen molar-refractivity contribution < 1.29 is 14.2 Å². The van der Waals surface area contributed by atoms with Gasteiger partial charge in [0, 0.05) is 30.6 Å². The lowest BCUT2D eigenvalue weighted by Gasteiger charge is -2.17. The number of nitriles is 2. The molecule has 9 nitrogen and oxygen atoms in total. The average molecular weight is 569 g/mol. The number of nitrogens with one attached hydrogen (secondary N) is 1. The van der Waals surface area contributed by atoms with Gasteiger partial charge >= 0.3 is 0 Å². The van der Waals surface area contributed by atoms with Gasteiger partial charge in [-0.15, -0.1) is 0 Å². The zero-order valence-corrected chi connectivity index (χ0v) is 23.9. The number of nitrogens with zero attached hydrogens (tertiary/aromatic N) is 5. The standard InChI is InChI=1S/C34H28N6O3/c1-23-21-40(22-25-9-5-4-6-10-25)31-30(23)38-34(37-27-15-13-24(14-16-27)11-7-17-35)39-33(31)43-32-28(41-2)19-26(12-8-18-36)20-29(32)42-3/h4-16,19-21H,22H2,1-3H3,(H,37,38,39)/b11-7+,12-8+. The van der Waals surface area contributed by atoms with Crippen LogP contribution in [0, 0.1) is 29.6 Å². The van der Waals surface area contributed by atoms with Crippen molar-refractivity contribution in [2.45, 2.75) is 13.5 Å². The maximum atomic E-state index is 8.98. The van der Waals surface area contributed by atoms with Gasteiger partial charge in [-0.3, -0.25) is 0 Å². The average Bonchev–Trinajstić information content (AvgIpc) is 3.34. The topological polar surface area (TPSA) is 118 Å². The molecule has 0 bridgehead atoms. The van der Waals surface area contributed by atoms with Crippen LogP contribution in [0.2, 0.25) is 0 Å². The minimum absolute atomic E-state index is 0.307. The summed E-state index contributed by atoms with van der Waals surface area (Å²) in [6.07, 6.45) is 8.24. The molecule has 1 N–H and O–H groups in total. The van der Waals surface area contributed by atoms with Crippen LogP contribution in [-0.2, 0) is 6.54 Å². The van der Waals surface area contributed by atoms with Crippen molar-refractivity contribution in [3.63, 3.8) is 0 Å². The van der Waals surface area contributed by atoms with E-state index in [0.29, 0.717) is 46.7 Å². The van der Waals surface area contributed by atoms with Crippen molar-refractivity contribution in [3.05, 3.63) is 107 Å². The number of fused-ring (bicyclic) bond motifs is 1. The molecular weight excluding hydrogens is 540 g/mol. The van der Waals surface area contributed by atoms with Gasteiger partial charge < -0.3 is 24.1 Å². The van der Waals surface area contributed by atoms with E-state index in [2.05, 4.69) is 22.0 Å². The molecule has 9 heteroatoms. The van der Waals surface area contributed by atoms with E-state index in [9.17, 15) is 0 Å². The second-order valence-corrected chi connectivity index (χ2v) is 9.50. The van der Waals surface area contributed by atoms with Gasteiger partial charge in [0.05, 0.1) is 26.4 Å². The first-order chi connectivity index (χ1) is 21.0. The van der Waals surface area contributed by atoms with Gasteiger partial charge in [-0.25, -0.2) is 4.98 Å². The van der Waals surface area contributed by atoms with E-state index in [4.69, 9.17) is 34.7 Å². The van der Waals surface area contributed by atoms with Crippen molar-refractivity contribution in [2.24, 2.45) is 0 Å². The SMILES string of the molecule is COc1cc(/C=C/C#N)cc(OC)c1Oc1nc(Nc2ccc(/C=C/C#N)cc2)nc2c(C)cn(Cc3ccccc3)c12. The number of rotatable bonds is 10. The summed E-state index contributed by atoms with van der Waals surface area (Å²) >= 11 is 0. The molecule has 5 rings (SSSR count). The first-order valence-electron chi connectivity index (χ1n) is 13.4. The van der Waals surface area contributed by atoms with Crippen LogP contribution >= 0.6 is 0 Å². The van der Waals surface area contributed by atoms with Crippen molar-refractivity contribution >= 4 is 34.8 Å². The number of allylic oxidation sites excluding steroid dienone is 2. The summed E-state index contributed by atoms with van der Waals surface area (Å²) in [5.74, 6) is 1.81. The highest BCUT2D eigenvalue weighted by Crippen LogP contribution is 2.43. The highest BCUT2D eigenvalue weighted by Gasteiger charge is 2.22. The molecule has 0 saturated carbocycles. The third kappa shape index (κ3) is 6.48. The minimum Gasteiger partial charge on any atom is -0.493 e. The van der Waals surface area contributed by atoms with Gasteiger partial charge in [-0.05, 0) is 65.6 Å².